The lowest BCUT2D eigenvalue weighted by molar-refractivity contribution is 0.569. The van der Waals surface area contributed by atoms with Gasteiger partial charge in [-0.05, 0) is 153 Å². The van der Waals surface area contributed by atoms with Gasteiger partial charge in [-0.1, -0.05) is 266 Å². The van der Waals surface area contributed by atoms with Gasteiger partial charge < -0.3 is 9.47 Å². The second-order valence-corrected chi connectivity index (χ2v) is 27.5. The molecule has 2 aliphatic rings. The summed E-state index contributed by atoms with van der Waals surface area (Å²) in [5, 5.41) is 7.49. The molecule has 15 aromatic rings. The highest BCUT2D eigenvalue weighted by molar-refractivity contribution is 7.26. The average molecular weight is 1140 g/mol. The van der Waals surface area contributed by atoms with E-state index in [2.05, 4.69) is 324 Å². The molecule has 0 radical (unpaired) electrons. The Morgan fingerprint density at radius 2 is 0.864 bits per heavy atom. The fraction of sp³-hybridized carbons (Fsp3) is 0.0952. The summed E-state index contributed by atoms with van der Waals surface area (Å²) in [6, 6.07) is 104. The van der Waals surface area contributed by atoms with E-state index in [1.54, 1.807) is 0 Å². The van der Waals surface area contributed by atoms with Crippen LogP contribution in [-0.2, 0) is 10.8 Å². The molecule has 88 heavy (non-hydrogen) atoms. The Kier molecular flexibility index (Phi) is 11.8. The molecule has 418 valence electrons. The summed E-state index contributed by atoms with van der Waals surface area (Å²) in [6.45, 7) is 14.0. The summed E-state index contributed by atoms with van der Waals surface area (Å²) in [4.78, 5) is 2.74. The first-order valence-corrected chi connectivity index (χ1v) is 31.8. The van der Waals surface area contributed by atoms with E-state index in [1.807, 2.05) is 11.3 Å². The quantitative estimate of drug-likeness (QED) is 0.144. The zero-order valence-electron chi connectivity index (χ0n) is 50.4. The fourth-order valence-electron chi connectivity index (χ4n) is 14.6. The van der Waals surface area contributed by atoms with Gasteiger partial charge in [0.15, 0.2) is 0 Å². The number of nitrogens with zero attached hydrogens (tertiary/aromatic N) is 2. The van der Waals surface area contributed by atoms with E-state index in [9.17, 15) is 0 Å². The molecule has 2 aromatic heterocycles. The highest BCUT2D eigenvalue weighted by Gasteiger charge is 2.45. The number of hydrogen-bond acceptors (Lipinski definition) is 2. The maximum Gasteiger partial charge on any atom is 0.253 e. The van der Waals surface area contributed by atoms with E-state index in [0.717, 1.165) is 5.69 Å². The number of thiophene rings is 1. The highest BCUT2D eigenvalue weighted by Crippen LogP contribution is 2.53. The Labute approximate surface area is 519 Å². The van der Waals surface area contributed by atoms with Crippen molar-refractivity contribution in [2.45, 2.75) is 52.4 Å². The van der Waals surface area contributed by atoms with Crippen molar-refractivity contribution in [3.05, 3.63) is 284 Å². The van der Waals surface area contributed by atoms with Crippen molar-refractivity contribution < 1.29 is 0 Å². The van der Waals surface area contributed by atoms with E-state index in [-0.39, 0.29) is 17.5 Å². The van der Waals surface area contributed by atoms with Crippen LogP contribution in [0.25, 0.3) is 125 Å². The van der Waals surface area contributed by atoms with Crippen molar-refractivity contribution in [1.29, 1.82) is 0 Å². The van der Waals surface area contributed by atoms with Gasteiger partial charge in [0.25, 0.3) is 6.71 Å². The van der Waals surface area contributed by atoms with Gasteiger partial charge in [0.05, 0.1) is 11.2 Å². The van der Waals surface area contributed by atoms with Crippen LogP contribution in [0.4, 0.5) is 17.1 Å². The second-order valence-electron chi connectivity index (χ2n) is 26.4. The number of rotatable bonds is 7. The SMILES string of the molecule is CC(C)(C)c1cc(-c2cccc(-c3ccccc3)c2N2c3cc4c(cc3B3c5c2cc(-c2ccc6ccccc6c2)cc5-n2c5cc(-c6ccccc6)ccc5c5ccc(-c6ccccc6)c3c52)sc2ccc(-c3ccccc3)cc24)cc(C(C)(C)C)c1. The van der Waals surface area contributed by atoms with E-state index in [4.69, 9.17) is 0 Å². The van der Waals surface area contributed by atoms with Crippen molar-refractivity contribution in [2.75, 3.05) is 4.90 Å². The Morgan fingerprint density at radius 3 is 1.53 bits per heavy atom. The van der Waals surface area contributed by atoms with Crippen molar-refractivity contribution in [1.82, 2.24) is 4.57 Å². The first kappa shape index (κ1) is 52.3. The minimum atomic E-state index is -0.162. The first-order valence-electron chi connectivity index (χ1n) is 31.0. The molecule has 0 amide bonds. The molecule has 0 spiro atoms. The molecular weight excluding hydrogens is 1080 g/mol. The predicted molar refractivity (Wildman–Crippen MR) is 381 cm³/mol. The van der Waals surface area contributed by atoms with Crippen molar-refractivity contribution >= 4 is 104 Å². The van der Waals surface area contributed by atoms with Crippen LogP contribution in [0.2, 0.25) is 0 Å². The number of benzene rings is 13. The van der Waals surface area contributed by atoms with Crippen LogP contribution in [0.1, 0.15) is 52.7 Å². The zero-order chi connectivity index (χ0) is 59.2. The van der Waals surface area contributed by atoms with Gasteiger partial charge in [-0.15, -0.1) is 11.3 Å². The van der Waals surface area contributed by atoms with Crippen LogP contribution < -0.4 is 21.3 Å². The molecular formula is C84H63BN2S. The average Bonchev–Trinajstić information content (AvgIpc) is 1.39. The van der Waals surface area contributed by atoms with Crippen LogP contribution in [-0.4, -0.2) is 11.3 Å². The molecule has 0 fully saturated rings. The largest absolute Gasteiger partial charge is 0.310 e. The van der Waals surface area contributed by atoms with E-state index in [0.29, 0.717) is 0 Å². The Morgan fingerprint density at radius 1 is 0.318 bits per heavy atom. The highest BCUT2D eigenvalue weighted by atomic mass is 32.1. The van der Waals surface area contributed by atoms with E-state index < -0.39 is 0 Å². The normalized spacial score (nSPS) is 12.8. The summed E-state index contributed by atoms with van der Waals surface area (Å²) >= 11 is 1.92. The fourth-order valence-corrected chi connectivity index (χ4v) is 15.7. The smallest absolute Gasteiger partial charge is 0.253 e. The molecule has 0 N–H and O–H groups in total. The number of anilines is 3. The van der Waals surface area contributed by atoms with Crippen molar-refractivity contribution in [2.24, 2.45) is 0 Å². The summed E-state index contributed by atoms with van der Waals surface area (Å²) in [5.41, 5.74) is 28.0. The molecule has 4 heterocycles. The van der Waals surface area contributed by atoms with Crippen molar-refractivity contribution in [3.63, 3.8) is 0 Å². The van der Waals surface area contributed by atoms with Crippen LogP contribution in [0.15, 0.2) is 273 Å². The molecule has 0 saturated carbocycles. The van der Waals surface area contributed by atoms with Crippen molar-refractivity contribution in [3.8, 4) is 72.4 Å². The van der Waals surface area contributed by atoms with Crippen LogP contribution >= 0.6 is 11.3 Å². The molecule has 2 nitrogen and oxygen atoms in total. The second kappa shape index (κ2) is 19.8. The van der Waals surface area contributed by atoms with Gasteiger partial charge in [-0.2, -0.15) is 0 Å². The molecule has 13 aromatic carbocycles. The predicted octanol–water partition coefficient (Wildman–Crippen LogP) is 21.5. The lowest BCUT2D eigenvalue weighted by Crippen LogP contribution is -2.61. The topological polar surface area (TPSA) is 8.17 Å². The van der Waals surface area contributed by atoms with E-state index in [1.165, 1.54) is 164 Å². The molecule has 0 aliphatic carbocycles. The molecule has 0 unspecified atom stereocenters. The number of fused-ring (bicyclic) bond motifs is 11. The molecule has 17 rings (SSSR count). The maximum absolute atomic E-state index is 2.74. The summed E-state index contributed by atoms with van der Waals surface area (Å²) in [5.74, 6) is 0. The van der Waals surface area contributed by atoms with Gasteiger partial charge in [0, 0.05) is 64.7 Å². The Hall–Kier alpha value is -10.00. The van der Waals surface area contributed by atoms with Crippen LogP contribution in [0.5, 0.6) is 0 Å². The molecule has 0 atom stereocenters. The van der Waals surface area contributed by atoms with Gasteiger partial charge in [0.1, 0.15) is 0 Å². The summed E-state index contributed by atoms with van der Waals surface area (Å²) in [7, 11) is 0. The Bertz CT molecular complexity index is 5300. The van der Waals surface area contributed by atoms with Gasteiger partial charge in [-0.25, -0.2) is 0 Å². The number of aromatic nitrogens is 1. The van der Waals surface area contributed by atoms with Crippen LogP contribution in [0, 0.1) is 0 Å². The zero-order valence-corrected chi connectivity index (χ0v) is 51.2. The molecule has 0 saturated heterocycles. The first-order chi connectivity index (χ1) is 42.9. The molecule has 4 heteroatoms. The number of hydrogen-bond donors (Lipinski definition) is 0. The number of para-hydroxylation sites is 1. The van der Waals surface area contributed by atoms with Gasteiger partial charge in [-0.3, -0.25) is 0 Å². The minimum absolute atomic E-state index is 0.106. The van der Waals surface area contributed by atoms with Gasteiger partial charge in [0.2, 0.25) is 0 Å². The Balaban J connectivity index is 1.08. The van der Waals surface area contributed by atoms with Gasteiger partial charge >= 0.3 is 0 Å². The molecule has 0 bridgehead atoms. The van der Waals surface area contributed by atoms with E-state index >= 15 is 0 Å². The third kappa shape index (κ3) is 8.30. The lowest BCUT2D eigenvalue weighted by Gasteiger charge is -2.42. The third-order valence-electron chi connectivity index (χ3n) is 19.0. The maximum atomic E-state index is 2.74. The summed E-state index contributed by atoms with van der Waals surface area (Å²) in [6.07, 6.45) is 0. The third-order valence-corrected chi connectivity index (χ3v) is 20.2. The standard InChI is InChI=1S/C84H63BN2S/c1-83(2,3)63-43-62(44-64(49-63)84(4,5)6)67-33-21-32-66(56-29-17-10-18-30-56)81(67)87-74-50-71-70-45-59(52-22-11-7-12-23-52)37-41-77(70)88-78(71)51-72(74)85-79-65(55-27-15-9-16-28-55)39-40-69-68-38-36-60(53-24-13-8-14-25-53)46-73(68)86(82(69)79)75-47-61(48-76(87)80(75)85)58-35-34-54-26-19-20-31-57(54)42-58/h7-51H,1-6H3. The molecule has 2 aliphatic heterocycles. The lowest BCUT2D eigenvalue weighted by atomic mass is 9.33. The monoisotopic (exact) mass is 1140 g/mol. The summed E-state index contributed by atoms with van der Waals surface area (Å²) < 4.78 is 5.25. The minimum Gasteiger partial charge on any atom is -0.310 e. The van der Waals surface area contributed by atoms with Crippen LogP contribution in [0.3, 0.4) is 0 Å².